The summed E-state index contributed by atoms with van der Waals surface area (Å²) in [6.45, 7) is 2.09. The summed E-state index contributed by atoms with van der Waals surface area (Å²) >= 11 is 0. The molecule has 1 fully saturated rings. The van der Waals surface area contributed by atoms with Crippen molar-refractivity contribution in [2.75, 3.05) is 6.54 Å². The lowest BCUT2D eigenvalue weighted by Crippen LogP contribution is -2.39. The summed E-state index contributed by atoms with van der Waals surface area (Å²) < 4.78 is 8.16. The SMILES string of the molecule is Cn1ccnc1CC[C@H]1CCCCN1Cc1cc2ccccc2o1. The molecule has 0 bridgehead atoms. The Morgan fingerprint density at radius 3 is 3.00 bits per heavy atom. The molecule has 4 nitrogen and oxygen atoms in total. The van der Waals surface area contributed by atoms with E-state index in [9.17, 15) is 0 Å². The Labute approximate surface area is 143 Å². The monoisotopic (exact) mass is 323 g/mol. The van der Waals surface area contributed by atoms with Crippen LogP contribution in [0.1, 0.15) is 37.3 Å². The van der Waals surface area contributed by atoms with Gasteiger partial charge >= 0.3 is 0 Å². The van der Waals surface area contributed by atoms with E-state index in [1.807, 2.05) is 24.5 Å². The normalized spacial score (nSPS) is 19.1. The van der Waals surface area contributed by atoms with Gasteiger partial charge in [-0.15, -0.1) is 0 Å². The zero-order valence-corrected chi connectivity index (χ0v) is 14.3. The molecule has 3 aromatic rings. The van der Waals surface area contributed by atoms with Crippen molar-refractivity contribution in [2.24, 2.45) is 7.05 Å². The maximum absolute atomic E-state index is 6.03. The fourth-order valence-electron chi connectivity index (χ4n) is 3.84. The fourth-order valence-corrected chi connectivity index (χ4v) is 3.84. The zero-order valence-electron chi connectivity index (χ0n) is 14.3. The van der Waals surface area contributed by atoms with Crippen molar-refractivity contribution in [1.29, 1.82) is 0 Å². The molecular formula is C20H25N3O. The van der Waals surface area contributed by atoms with Crippen molar-refractivity contribution < 1.29 is 4.42 Å². The van der Waals surface area contributed by atoms with E-state index in [1.54, 1.807) is 0 Å². The van der Waals surface area contributed by atoms with Gasteiger partial charge in [-0.1, -0.05) is 24.6 Å². The van der Waals surface area contributed by atoms with Crippen LogP contribution < -0.4 is 0 Å². The van der Waals surface area contributed by atoms with Crippen molar-refractivity contribution in [1.82, 2.24) is 14.5 Å². The molecule has 0 unspecified atom stereocenters. The predicted octanol–water partition coefficient (Wildman–Crippen LogP) is 4.15. The first kappa shape index (κ1) is 15.5. The number of imidazole rings is 1. The largest absolute Gasteiger partial charge is 0.460 e. The number of likely N-dealkylation sites (tertiary alicyclic amines) is 1. The van der Waals surface area contributed by atoms with Crippen LogP contribution in [-0.4, -0.2) is 27.0 Å². The topological polar surface area (TPSA) is 34.2 Å². The van der Waals surface area contributed by atoms with Crippen LogP contribution in [0, 0.1) is 0 Å². The molecule has 1 atom stereocenters. The molecule has 0 spiro atoms. The van der Waals surface area contributed by atoms with E-state index in [0.29, 0.717) is 6.04 Å². The van der Waals surface area contributed by atoms with E-state index in [0.717, 1.165) is 24.3 Å². The highest BCUT2D eigenvalue weighted by Gasteiger charge is 2.23. The number of fused-ring (bicyclic) bond motifs is 1. The highest BCUT2D eigenvalue weighted by molar-refractivity contribution is 5.77. The van der Waals surface area contributed by atoms with Crippen molar-refractivity contribution in [3.05, 3.63) is 54.3 Å². The lowest BCUT2D eigenvalue weighted by molar-refractivity contribution is 0.123. The number of piperidine rings is 1. The van der Waals surface area contributed by atoms with E-state index < -0.39 is 0 Å². The molecule has 0 radical (unpaired) electrons. The standard InChI is InChI=1S/C20H25N3O/c1-22-13-11-21-20(22)10-9-17-7-4-5-12-23(17)15-18-14-16-6-2-3-8-19(16)24-18/h2-3,6,8,11,13-14,17H,4-5,7,9-10,12,15H2,1H3/t17-/m1/s1. The highest BCUT2D eigenvalue weighted by atomic mass is 16.3. The quantitative estimate of drug-likeness (QED) is 0.707. The van der Waals surface area contributed by atoms with Gasteiger partial charge in [-0.2, -0.15) is 0 Å². The number of hydrogen-bond acceptors (Lipinski definition) is 3. The Hall–Kier alpha value is -2.07. The van der Waals surface area contributed by atoms with Gasteiger partial charge in [-0.05, 0) is 37.9 Å². The van der Waals surface area contributed by atoms with E-state index in [-0.39, 0.29) is 0 Å². The molecule has 1 aromatic carbocycles. The van der Waals surface area contributed by atoms with Crippen LogP contribution in [0.4, 0.5) is 0 Å². The third-order valence-corrected chi connectivity index (χ3v) is 5.21. The van der Waals surface area contributed by atoms with Crippen LogP contribution in [0.5, 0.6) is 0 Å². The molecule has 4 heteroatoms. The number of aromatic nitrogens is 2. The third-order valence-electron chi connectivity index (χ3n) is 5.21. The van der Waals surface area contributed by atoms with Gasteiger partial charge in [0.25, 0.3) is 0 Å². The minimum Gasteiger partial charge on any atom is -0.460 e. The number of aryl methyl sites for hydroxylation is 2. The molecule has 126 valence electrons. The van der Waals surface area contributed by atoms with Gasteiger partial charge in [-0.3, -0.25) is 4.90 Å². The average molecular weight is 323 g/mol. The minimum absolute atomic E-state index is 0.628. The summed E-state index contributed by atoms with van der Waals surface area (Å²) in [5, 5.41) is 1.20. The average Bonchev–Trinajstić information content (AvgIpc) is 3.19. The Morgan fingerprint density at radius 1 is 1.25 bits per heavy atom. The molecule has 0 saturated carbocycles. The Morgan fingerprint density at radius 2 is 2.17 bits per heavy atom. The molecule has 0 N–H and O–H groups in total. The summed E-state index contributed by atoms with van der Waals surface area (Å²) in [5.74, 6) is 2.27. The molecule has 1 aliphatic heterocycles. The van der Waals surface area contributed by atoms with Crippen molar-refractivity contribution >= 4 is 11.0 Å². The summed E-state index contributed by atoms with van der Waals surface area (Å²) in [4.78, 5) is 7.07. The number of rotatable bonds is 5. The van der Waals surface area contributed by atoms with E-state index in [1.165, 1.54) is 43.4 Å². The van der Waals surface area contributed by atoms with Gasteiger partial charge in [0.2, 0.25) is 0 Å². The minimum atomic E-state index is 0.628. The summed E-state index contributed by atoms with van der Waals surface area (Å²) in [6.07, 6.45) is 10.0. The van der Waals surface area contributed by atoms with Crippen molar-refractivity contribution in [3.8, 4) is 0 Å². The maximum Gasteiger partial charge on any atom is 0.134 e. The van der Waals surface area contributed by atoms with Gasteiger partial charge in [0.15, 0.2) is 0 Å². The fraction of sp³-hybridized carbons (Fsp3) is 0.450. The first-order valence-corrected chi connectivity index (χ1v) is 8.97. The van der Waals surface area contributed by atoms with Gasteiger partial charge in [0.1, 0.15) is 17.2 Å². The zero-order chi connectivity index (χ0) is 16.4. The van der Waals surface area contributed by atoms with Crippen LogP contribution in [0.15, 0.2) is 47.1 Å². The summed E-state index contributed by atoms with van der Waals surface area (Å²) in [5.41, 5.74) is 0.995. The van der Waals surface area contributed by atoms with Crippen LogP contribution in [0.2, 0.25) is 0 Å². The van der Waals surface area contributed by atoms with Gasteiger partial charge in [-0.25, -0.2) is 4.98 Å². The lowest BCUT2D eigenvalue weighted by atomic mass is 9.97. The summed E-state index contributed by atoms with van der Waals surface area (Å²) in [6, 6.07) is 11.1. The van der Waals surface area contributed by atoms with Crippen LogP contribution in [0.25, 0.3) is 11.0 Å². The smallest absolute Gasteiger partial charge is 0.134 e. The molecule has 4 rings (SSSR count). The molecule has 0 aliphatic carbocycles. The van der Waals surface area contributed by atoms with Gasteiger partial charge < -0.3 is 8.98 Å². The van der Waals surface area contributed by atoms with E-state index in [2.05, 4.69) is 39.7 Å². The van der Waals surface area contributed by atoms with Gasteiger partial charge in [0, 0.05) is 37.3 Å². The Balaban J connectivity index is 1.44. The first-order valence-electron chi connectivity index (χ1n) is 8.97. The van der Waals surface area contributed by atoms with Crippen LogP contribution in [-0.2, 0) is 20.0 Å². The molecule has 24 heavy (non-hydrogen) atoms. The molecule has 1 aliphatic rings. The maximum atomic E-state index is 6.03. The second-order valence-electron chi connectivity index (χ2n) is 6.86. The molecule has 1 saturated heterocycles. The highest BCUT2D eigenvalue weighted by Crippen LogP contribution is 2.26. The number of furan rings is 1. The van der Waals surface area contributed by atoms with Crippen molar-refractivity contribution in [2.45, 2.75) is 44.7 Å². The predicted molar refractivity (Wildman–Crippen MR) is 95.8 cm³/mol. The molecule has 0 amide bonds. The van der Waals surface area contributed by atoms with Crippen LogP contribution >= 0.6 is 0 Å². The van der Waals surface area contributed by atoms with E-state index >= 15 is 0 Å². The Bertz CT molecular complexity index is 771. The lowest BCUT2D eigenvalue weighted by Gasteiger charge is -2.35. The molecule has 3 heterocycles. The number of para-hydroxylation sites is 1. The molecular weight excluding hydrogens is 298 g/mol. The second-order valence-corrected chi connectivity index (χ2v) is 6.86. The number of hydrogen-bond donors (Lipinski definition) is 0. The number of benzene rings is 1. The number of nitrogens with zero attached hydrogens (tertiary/aromatic N) is 3. The summed E-state index contributed by atoms with van der Waals surface area (Å²) in [7, 11) is 2.08. The second kappa shape index (κ2) is 6.81. The van der Waals surface area contributed by atoms with Crippen molar-refractivity contribution in [3.63, 3.8) is 0 Å². The van der Waals surface area contributed by atoms with Crippen LogP contribution in [0.3, 0.4) is 0 Å². The van der Waals surface area contributed by atoms with E-state index in [4.69, 9.17) is 4.42 Å². The van der Waals surface area contributed by atoms with Gasteiger partial charge in [0.05, 0.1) is 6.54 Å². The third kappa shape index (κ3) is 3.24. The molecule has 2 aromatic heterocycles. The Kier molecular flexibility index (Phi) is 4.39. The first-order chi connectivity index (χ1) is 11.8.